The van der Waals surface area contributed by atoms with Gasteiger partial charge in [-0.05, 0) is 6.42 Å². The molecule has 2 rings (SSSR count). The number of hydrogen-bond acceptors (Lipinski definition) is 10. The van der Waals surface area contributed by atoms with Gasteiger partial charge in [-0.3, -0.25) is 34.0 Å². The van der Waals surface area contributed by atoms with Crippen molar-refractivity contribution in [3.63, 3.8) is 0 Å². The lowest BCUT2D eigenvalue weighted by Gasteiger charge is -2.41. The van der Waals surface area contributed by atoms with Crippen LogP contribution in [0.15, 0.2) is 30.3 Å². The predicted molar refractivity (Wildman–Crippen MR) is 123 cm³/mol. The third kappa shape index (κ3) is 6.09. The maximum Gasteiger partial charge on any atom is 0.354 e. The molecule has 1 heterocycles. The standard InChI is InChI=1S/C19H21N5O9S2/c20-12-6-7-13(21)24(19(12,18(29)30)35(31,32)33)16(27)9-23-14(25)8-22-15(26)10-34-17(28)11-4-2-1-3-5-11/h1-5,20-21H,6-10H2,(H,22,26)(H,23,25)(H,29,30)(H,31,32,33)/t19-/m1/s1. The van der Waals surface area contributed by atoms with E-state index in [0.717, 1.165) is 0 Å². The van der Waals surface area contributed by atoms with E-state index in [1.165, 1.54) is 0 Å². The number of nitrogens with one attached hydrogen (secondary N) is 4. The molecule has 1 fully saturated rings. The van der Waals surface area contributed by atoms with E-state index in [2.05, 4.69) is 5.32 Å². The number of aliphatic carboxylic acids is 1. The Kier molecular flexibility index (Phi) is 8.83. The summed E-state index contributed by atoms with van der Waals surface area (Å²) in [5.74, 6) is -6.30. The van der Waals surface area contributed by atoms with Crippen LogP contribution in [0.2, 0.25) is 0 Å². The third-order valence-electron chi connectivity index (χ3n) is 4.75. The molecule has 1 saturated heterocycles. The van der Waals surface area contributed by atoms with Crippen molar-refractivity contribution < 1.29 is 42.0 Å². The summed E-state index contributed by atoms with van der Waals surface area (Å²) >= 11 is 0.708. The normalized spacial score (nSPS) is 18.0. The summed E-state index contributed by atoms with van der Waals surface area (Å²) in [4.78, 5) is 56.6. The number of benzene rings is 1. The highest BCUT2D eigenvalue weighted by Crippen LogP contribution is 2.32. The second-order valence-corrected chi connectivity index (χ2v) is 9.56. The van der Waals surface area contributed by atoms with Crippen LogP contribution in [-0.4, -0.2) is 87.0 Å². The molecule has 3 amide bonds. The van der Waals surface area contributed by atoms with Crippen LogP contribution in [0.1, 0.15) is 23.2 Å². The summed E-state index contributed by atoms with van der Waals surface area (Å²) in [6, 6.07) is 8.18. The zero-order valence-corrected chi connectivity index (χ0v) is 19.6. The van der Waals surface area contributed by atoms with E-state index < -0.39 is 69.7 Å². The number of rotatable bonds is 9. The van der Waals surface area contributed by atoms with Crippen molar-refractivity contribution in [2.75, 3.05) is 18.8 Å². The van der Waals surface area contributed by atoms with Gasteiger partial charge in [-0.2, -0.15) is 8.42 Å². The lowest BCUT2D eigenvalue weighted by molar-refractivity contribution is -0.146. The van der Waals surface area contributed by atoms with E-state index >= 15 is 0 Å². The first kappa shape index (κ1) is 27.6. The molecule has 1 aromatic rings. The molecule has 1 aliphatic heterocycles. The molecule has 188 valence electrons. The molecule has 1 atom stereocenters. The maximum absolute atomic E-state index is 12.6. The SMILES string of the molecule is N=C1CCC(=N)[C@](C(=O)O)(S(=O)(=O)O)N1C(=O)CNC(=O)CNC(=O)CSC(=O)c1ccccc1. The van der Waals surface area contributed by atoms with Gasteiger partial charge in [-0.15, -0.1) is 0 Å². The van der Waals surface area contributed by atoms with Crippen molar-refractivity contribution in [1.82, 2.24) is 15.5 Å². The second kappa shape index (κ2) is 11.2. The first-order valence-corrected chi connectivity index (χ1v) is 12.2. The molecule has 0 spiro atoms. The van der Waals surface area contributed by atoms with Gasteiger partial charge >= 0.3 is 21.0 Å². The quantitative estimate of drug-likeness (QED) is 0.216. The zero-order chi connectivity index (χ0) is 26.4. The number of thioether (sulfide) groups is 1. The first-order chi connectivity index (χ1) is 16.3. The number of hydrogen-bond donors (Lipinski definition) is 6. The Hall–Kier alpha value is -3.63. The highest BCUT2D eigenvalue weighted by molar-refractivity contribution is 8.14. The van der Waals surface area contributed by atoms with Crippen molar-refractivity contribution in [1.29, 1.82) is 10.8 Å². The Morgan fingerprint density at radius 1 is 1.00 bits per heavy atom. The lowest BCUT2D eigenvalue weighted by Crippen LogP contribution is -2.70. The van der Waals surface area contributed by atoms with Crippen LogP contribution in [0.5, 0.6) is 0 Å². The Morgan fingerprint density at radius 2 is 1.60 bits per heavy atom. The molecule has 0 bridgehead atoms. The maximum atomic E-state index is 12.6. The van der Waals surface area contributed by atoms with E-state index in [9.17, 15) is 42.0 Å². The van der Waals surface area contributed by atoms with E-state index in [-0.39, 0.29) is 22.2 Å². The van der Waals surface area contributed by atoms with Crippen molar-refractivity contribution >= 4 is 62.2 Å². The molecule has 0 aromatic heterocycles. The van der Waals surface area contributed by atoms with Crippen LogP contribution >= 0.6 is 11.8 Å². The van der Waals surface area contributed by atoms with Gasteiger partial charge in [0.1, 0.15) is 5.84 Å². The Labute approximate surface area is 203 Å². The highest BCUT2D eigenvalue weighted by Gasteiger charge is 2.63. The number of carbonyl (C=O) groups excluding carboxylic acids is 4. The molecule has 16 heteroatoms. The topological polar surface area (TPSA) is 235 Å². The van der Waals surface area contributed by atoms with Crippen molar-refractivity contribution in [3.8, 4) is 0 Å². The Balaban J connectivity index is 1.94. The summed E-state index contributed by atoms with van der Waals surface area (Å²) < 4.78 is 33.4. The zero-order valence-electron chi connectivity index (χ0n) is 17.9. The Morgan fingerprint density at radius 3 is 2.17 bits per heavy atom. The molecule has 1 aliphatic rings. The summed E-state index contributed by atoms with van der Waals surface area (Å²) in [6.45, 7) is -1.61. The summed E-state index contributed by atoms with van der Waals surface area (Å²) in [7, 11) is -5.62. The molecule has 0 radical (unpaired) electrons. The number of piperidine rings is 1. The monoisotopic (exact) mass is 527 g/mol. The summed E-state index contributed by atoms with van der Waals surface area (Å²) in [5, 5.41) is 29.0. The number of carbonyl (C=O) groups is 5. The molecule has 1 aromatic carbocycles. The van der Waals surface area contributed by atoms with Gasteiger partial charge < -0.3 is 21.1 Å². The number of amides is 3. The number of nitrogens with zero attached hydrogens (tertiary/aromatic N) is 1. The summed E-state index contributed by atoms with van der Waals surface area (Å²) in [5.41, 5.74) is -0.641. The molecular weight excluding hydrogens is 506 g/mol. The minimum Gasteiger partial charge on any atom is -0.478 e. The molecule has 0 unspecified atom stereocenters. The van der Waals surface area contributed by atoms with Crippen LogP contribution in [0.3, 0.4) is 0 Å². The fourth-order valence-corrected chi connectivity index (χ4v) is 4.86. The van der Waals surface area contributed by atoms with Crippen LogP contribution in [0.25, 0.3) is 0 Å². The van der Waals surface area contributed by atoms with Crippen LogP contribution in [0.4, 0.5) is 0 Å². The fraction of sp³-hybridized carbons (Fsp3) is 0.316. The molecule has 35 heavy (non-hydrogen) atoms. The average molecular weight is 528 g/mol. The minimum atomic E-state index is -5.62. The summed E-state index contributed by atoms with van der Waals surface area (Å²) in [6.07, 6.45) is -0.851. The second-order valence-electron chi connectivity index (χ2n) is 7.07. The predicted octanol–water partition coefficient (Wildman–Crippen LogP) is -0.919. The van der Waals surface area contributed by atoms with Crippen LogP contribution < -0.4 is 10.6 Å². The van der Waals surface area contributed by atoms with Gasteiger partial charge in [0.05, 0.1) is 24.6 Å². The smallest absolute Gasteiger partial charge is 0.354 e. The van der Waals surface area contributed by atoms with E-state index in [4.69, 9.17) is 10.8 Å². The van der Waals surface area contributed by atoms with Gasteiger partial charge in [0.2, 0.25) is 22.8 Å². The number of carboxylic acid groups (broad SMARTS) is 1. The molecular formula is C19H21N5O9S2. The first-order valence-electron chi connectivity index (χ1n) is 9.76. The molecule has 14 nitrogen and oxygen atoms in total. The van der Waals surface area contributed by atoms with Crippen molar-refractivity contribution in [3.05, 3.63) is 35.9 Å². The van der Waals surface area contributed by atoms with Gasteiger partial charge in [0.25, 0.3) is 0 Å². The van der Waals surface area contributed by atoms with Crippen LogP contribution in [-0.2, 0) is 29.3 Å². The van der Waals surface area contributed by atoms with Gasteiger partial charge in [0.15, 0.2) is 0 Å². The van der Waals surface area contributed by atoms with Crippen LogP contribution in [0, 0.1) is 10.8 Å². The molecule has 6 N–H and O–H groups in total. The highest BCUT2D eigenvalue weighted by atomic mass is 32.2. The van der Waals surface area contributed by atoms with E-state index in [0.29, 0.717) is 17.3 Å². The molecule has 0 saturated carbocycles. The van der Waals surface area contributed by atoms with Gasteiger partial charge in [-0.25, -0.2) is 4.79 Å². The van der Waals surface area contributed by atoms with Gasteiger partial charge in [-0.1, -0.05) is 42.1 Å². The lowest BCUT2D eigenvalue weighted by atomic mass is 9.97. The minimum absolute atomic E-state index is 0.0544. The Bertz CT molecular complexity index is 1190. The van der Waals surface area contributed by atoms with Gasteiger partial charge in [0, 0.05) is 12.0 Å². The fourth-order valence-electron chi connectivity index (χ4n) is 3.12. The average Bonchev–Trinajstić information content (AvgIpc) is 2.80. The van der Waals surface area contributed by atoms with E-state index in [1.54, 1.807) is 30.3 Å². The molecule has 0 aliphatic carbocycles. The largest absolute Gasteiger partial charge is 0.478 e. The van der Waals surface area contributed by atoms with Crippen molar-refractivity contribution in [2.45, 2.75) is 17.7 Å². The third-order valence-corrected chi connectivity index (χ3v) is 7.00. The van der Waals surface area contributed by atoms with E-state index in [1.807, 2.05) is 5.32 Å². The number of amidine groups is 1. The number of likely N-dealkylation sites (tertiary alicyclic amines) is 1. The van der Waals surface area contributed by atoms with Crippen molar-refractivity contribution in [2.24, 2.45) is 0 Å². The number of carboxylic acids is 1.